The van der Waals surface area contributed by atoms with Gasteiger partial charge in [-0.25, -0.2) is 0 Å². The highest BCUT2D eigenvalue weighted by Crippen LogP contribution is 2.25. The summed E-state index contributed by atoms with van der Waals surface area (Å²) in [6, 6.07) is 4.18. The van der Waals surface area contributed by atoms with Crippen molar-refractivity contribution in [3.63, 3.8) is 0 Å². The number of fused-ring (bicyclic) bond motifs is 1. The molecule has 0 saturated carbocycles. The van der Waals surface area contributed by atoms with Gasteiger partial charge < -0.3 is 14.5 Å². The van der Waals surface area contributed by atoms with Gasteiger partial charge in [0.15, 0.2) is 0 Å². The summed E-state index contributed by atoms with van der Waals surface area (Å²) >= 11 is 1.51. The molecule has 116 valence electrons. The van der Waals surface area contributed by atoms with E-state index < -0.39 is 0 Å². The number of carbonyl (C=O) groups is 1. The summed E-state index contributed by atoms with van der Waals surface area (Å²) in [5, 5.41) is 1.95. The average molecular weight is 309 g/mol. The molecule has 2 saturated heterocycles. The van der Waals surface area contributed by atoms with E-state index in [1.807, 2.05) is 22.4 Å². The van der Waals surface area contributed by atoms with Crippen molar-refractivity contribution in [2.24, 2.45) is 0 Å². The predicted octanol–water partition coefficient (Wildman–Crippen LogP) is 0.835. The Balaban J connectivity index is 1.64. The van der Waals surface area contributed by atoms with Gasteiger partial charge in [0.1, 0.15) is 0 Å². The van der Waals surface area contributed by atoms with Crippen LogP contribution < -0.4 is 0 Å². The normalized spacial score (nSPS) is 26.3. The summed E-state index contributed by atoms with van der Waals surface area (Å²) in [7, 11) is 4.19. The first kappa shape index (κ1) is 15.0. The van der Waals surface area contributed by atoms with E-state index in [0.29, 0.717) is 6.04 Å². The van der Waals surface area contributed by atoms with E-state index in [1.54, 1.807) is 0 Å². The van der Waals surface area contributed by atoms with Gasteiger partial charge in [-0.05, 0) is 25.5 Å². The van der Waals surface area contributed by atoms with E-state index in [4.69, 9.17) is 4.74 Å². The number of likely N-dealkylation sites (N-methyl/N-ethyl adjacent to an activating group) is 1. The Kier molecular flexibility index (Phi) is 4.59. The lowest BCUT2D eigenvalue weighted by Gasteiger charge is -2.37. The van der Waals surface area contributed by atoms with Gasteiger partial charge in [0, 0.05) is 32.7 Å². The van der Waals surface area contributed by atoms with Crippen LogP contribution >= 0.6 is 11.3 Å². The molecule has 0 aromatic carbocycles. The highest BCUT2D eigenvalue weighted by Gasteiger charge is 2.41. The van der Waals surface area contributed by atoms with Gasteiger partial charge in [-0.3, -0.25) is 9.69 Å². The second-order valence-corrected chi connectivity index (χ2v) is 6.95. The van der Waals surface area contributed by atoms with Crippen LogP contribution in [0.15, 0.2) is 17.5 Å². The van der Waals surface area contributed by atoms with Crippen molar-refractivity contribution in [3.05, 3.63) is 22.4 Å². The maximum absolute atomic E-state index is 12.5. The number of rotatable bonds is 4. The first-order chi connectivity index (χ1) is 10.1. The van der Waals surface area contributed by atoms with Gasteiger partial charge in [0.25, 0.3) is 5.91 Å². The summed E-state index contributed by atoms with van der Waals surface area (Å²) in [5.74, 6) is 0.149. The van der Waals surface area contributed by atoms with E-state index in [1.165, 1.54) is 11.3 Å². The lowest BCUT2D eigenvalue weighted by molar-refractivity contribution is -0.0482. The molecule has 1 amide bonds. The predicted molar refractivity (Wildman–Crippen MR) is 83.9 cm³/mol. The van der Waals surface area contributed by atoms with E-state index >= 15 is 0 Å². The molecular formula is C15H23N3O2S. The van der Waals surface area contributed by atoms with E-state index in [9.17, 15) is 4.79 Å². The zero-order valence-corrected chi connectivity index (χ0v) is 13.5. The van der Waals surface area contributed by atoms with Crippen LogP contribution in [0.25, 0.3) is 0 Å². The average Bonchev–Trinajstić information content (AvgIpc) is 3.13. The number of thiophene rings is 1. The first-order valence-electron chi connectivity index (χ1n) is 7.48. The summed E-state index contributed by atoms with van der Waals surface area (Å²) in [6.45, 7) is 5.33. The minimum Gasteiger partial charge on any atom is -0.373 e. The molecule has 0 bridgehead atoms. The Bertz CT molecular complexity index is 477. The van der Waals surface area contributed by atoms with Crippen LogP contribution in [0.1, 0.15) is 9.67 Å². The van der Waals surface area contributed by atoms with Crippen LogP contribution in [0.3, 0.4) is 0 Å². The van der Waals surface area contributed by atoms with Crippen molar-refractivity contribution in [1.82, 2.24) is 14.7 Å². The van der Waals surface area contributed by atoms with Gasteiger partial charge in [0.2, 0.25) is 0 Å². The number of ether oxygens (including phenoxy) is 1. The molecule has 6 heteroatoms. The van der Waals surface area contributed by atoms with Gasteiger partial charge in [-0.1, -0.05) is 6.07 Å². The summed E-state index contributed by atoms with van der Waals surface area (Å²) in [4.78, 5) is 19.9. The lowest BCUT2D eigenvalue weighted by Crippen LogP contribution is -2.52. The van der Waals surface area contributed by atoms with Crippen LogP contribution in [0.2, 0.25) is 0 Å². The topological polar surface area (TPSA) is 36.0 Å². The Morgan fingerprint density at radius 1 is 1.48 bits per heavy atom. The SMILES string of the molecule is CN(C)CCN1CCO[C@@H]2CN(C(=O)c3cccs3)C[C@@H]21. The number of likely N-dealkylation sites (tertiary alicyclic amines) is 1. The van der Waals surface area contributed by atoms with Crippen molar-refractivity contribution >= 4 is 17.2 Å². The molecule has 1 aromatic rings. The van der Waals surface area contributed by atoms with Gasteiger partial charge in [-0.15, -0.1) is 11.3 Å². The Morgan fingerprint density at radius 3 is 3.05 bits per heavy atom. The van der Waals surface area contributed by atoms with Crippen LogP contribution in [0, 0.1) is 0 Å². The highest BCUT2D eigenvalue weighted by atomic mass is 32.1. The Hall–Kier alpha value is -0.950. The number of carbonyl (C=O) groups excluding carboxylic acids is 1. The second-order valence-electron chi connectivity index (χ2n) is 6.00. The molecule has 1 aromatic heterocycles. The van der Waals surface area contributed by atoms with Crippen molar-refractivity contribution in [3.8, 4) is 0 Å². The fraction of sp³-hybridized carbons (Fsp3) is 0.667. The molecule has 3 heterocycles. The molecule has 2 atom stereocenters. The van der Waals surface area contributed by atoms with Crippen LogP contribution in [0.4, 0.5) is 0 Å². The molecule has 2 aliphatic heterocycles. The molecule has 0 spiro atoms. The molecule has 0 aliphatic carbocycles. The van der Waals surface area contributed by atoms with Gasteiger partial charge in [0.05, 0.1) is 23.6 Å². The zero-order chi connectivity index (χ0) is 14.8. The number of nitrogens with zero attached hydrogens (tertiary/aromatic N) is 3. The van der Waals surface area contributed by atoms with E-state index in [2.05, 4.69) is 23.9 Å². The fourth-order valence-corrected chi connectivity index (χ4v) is 3.78. The monoisotopic (exact) mass is 309 g/mol. The first-order valence-corrected chi connectivity index (χ1v) is 8.36. The standard InChI is InChI=1S/C15H23N3O2S/c1-16(2)5-6-17-7-8-20-13-11-18(10-12(13)17)15(19)14-4-3-9-21-14/h3-4,9,12-13H,5-8,10-11H2,1-2H3/t12-,13+/m0/s1. The third-order valence-corrected chi connectivity index (χ3v) is 5.13. The van der Waals surface area contributed by atoms with E-state index in [-0.39, 0.29) is 12.0 Å². The summed E-state index contributed by atoms with van der Waals surface area (Å²) in [5.41, 5.74) is 0. The quantitative estimate of drug-likeness (QED) is 0.826. The molecule has 5 nitrogen and oxygen atoms in total. The van der Waals surface area contributed by atoms with Crippen molar-refractivity contribution in [1.29, 1.82) is 0 Å². The largest absolute Gasteiger partial charge is 0.373 e. The van der Waals surface area contributed by atoms with Gasteiger partial charge >= 0.3 is 0 Å². The van der Waals surface area contributed by atoms with Crippen molar-refractivity contribution < 1.29 is 9.53 Å². The molecule has 2 fully saturated rings. The summed E-state index contributed by atoms with van der Waals surface area (Å²) < 4.78 is 5.89. The second kappa shape index (κ2) is 6.44. The third-order valence-electron chi connectivity index (χ3n) is 4.27. The number of hydrogen-bond donors (Lipinski definition) is 0. The Labute approximate surface area is 130 Å². The maximum Gasteiger partial charge on any atom is 0.264 e. The van der Waals surface area contributed by atoms with Crippen LogP contribution in [-0.4, -0.2) is 86.2 Å². The summed E-state index contributed by atoms with van der Waals surface area (Å²) in [6.07, 6.45) is 0.171. The van der Waals surface area contributed by atoms with E-state index in [0.717, 1.165) is 44.2 Å². The van der Waals surface area contributed by atoms with Crippen LogP contribution in [0.5, 0.6) is 0 Å². The molecular weight excluding hydrogens is 286 g/mol. The molecule has 2 aliphatic rings. The molecule has 0 unspecified atom stereocenters. The molecule has 21 heavy (non-hydrogen) atoms. The minimum atomic E-state index is 0.149. The highest BCUT2D eigenvalue weighted by molar-refractivity contribution is 7.12. The number of hydrogen-bond acceptors (Lipinski definition) is 5. The van der Waals surface area contributed by atoms with Gasteiger partial charge in [-0.2, -0.15) is 0 Å². The molecule has 0 N–H and O–H groups in total. The minimum absolute atomic E-state index is 0.149. The maximum atomic E-state index is 12.5. The number of amides is 1. The molecule has 3 rings (SSSR count). The lowest BCUT2D eigenvalue weighted by atomic mass is 10.1. The Morgan fingerprint density at radius 2 is 2.33 bits per heavy atom. The number of morpholine rings is 1. The molecule has 0 radical (unpaired) electrons. The van der Waals surface area contributed by atoms with Crippen molar-refractivity contribution in [2.45, 2.75) is 12.1 Å². The fourth-order valence-electron chi connectivity index (χ4n) is 3.09. The smallest absolute Gasteiger partial charge is 0.264 e. The zero-order valence-electron chi connectivity index (χ0n) is 12.7. The van der Waals surface area contributed by atoms with Crippen molar-refractivity contribution in [2.75, 3.05) is 53.4 Å². The third kappa shape index (κ3) is 3.29. The van der Waals surface area contributed by atoms with Crippen LogP contribution in [-0.2, 0) is 4.74 Å².